The largest absolute Gasteiger partial charge is 0.384 e. The second-order valence-electron chi connectivity index (χ2n) is 7.91. The number of hydrogen-bond acceptors (Lipinski definition) is 6. The molecule has 2 aromatic heterocycles. The molecule has 0 atom stereocenters. The van der Waals surface area contributed by atoms with Gasteiger partial charge in [-0.25, -0.2) is 9.97 Å². The van der Waals surface area contributed by atoms with Crippen LogP contribution in [0.1, 0.15) is 39.8 Å². The molecule has 0 saturated carbocycles. The number of carbonyl (C=O) groups excluding carboxylic acids is 2. The number of rotatable bonds is 8. The molecule has 8 heteroatoms. The van der Waals surface area contributed by atoms with Crippen molar-refractivity contribution in [1.82, 2.24) is 15.3 Å². The van der Waals surface area contributed by atoms with Crippen LogP contribution in [0, 0.1) is 13.8 Å². The van der Waals surface area contributed by atoms with E-state index in [9.17, 15) is 9.59 Å². The summed E-state index contributed by atoms with van der Waals surface area (Å²) in [6.45, 7) is 9.61. The summed E-state index contributed by atoms with van der Waals surface area (Å²) in [6, 6.07) is 10.9. The number of allylic oxidation sites excluding steroid dienone is 2. The fourth-order valence-corrected chi connectivity index (χ4v) is 3.67. The van der Waals surface area contributed by atoms with Gasteiger partial charge >= 0.3 is 0 Å². The molecule has 0 spiro atoms. The van der Waals surface area contributed by atoms with E-state index in [2.05, 4.69) is 27.0 Å². The molecule has 2 amide bonds. The van der Waals surface area contributed by atoms with Gasteiger partial charge in [0.1, 0.15) is 11.5 Å². The van der Waals surface area contributed by atoms with Gasteiger partial charge in [-0.15, -0.1) is 0 Å². The Labute approximate surface area is 198 Å². The standard InChI is InChI=1S/C26H28N6O2/c1-5-18(26(34)30-14-21-15(2)10-24(27)31-16(21)3)13-20(29-4)12-17-6-8-22-19(11-17)7-9-23(32-22)25(28)33/h5-11,13H,4,12,14H2,1-3H3,(H2,27,31)(H2,28,33)(H,30,34)/b18-5+,20-13-. The molecule has 2 heterocycles. The van der Waals surface area contributed by atoms with Crippen LogP contribution in [-0.2, 0) is 17.8 Å². The number of hydrogen-bond donors (Lipinski definition) is 3. The van der Waals surface area contributed by atoms with E-state index in [4.69, 9.17) is 11.5 Å². The number of aliphatic imine (C=N–C) groups is 1. The van der Waals surface area contributed by atoms with E-state index in [-0.39, 0.29) is 11.6 Å². The molecule has 0 aliphatic carbocycles. The molecule has 0 aliphatic rings. The van der Waals surface area contributed by atoms with Crippen LogP contribution in [-0.4, -0.2) is 28.5 Å². The molecule has 34 heavy (non-hydrogen) atoms. The maximum absolute atomic E-state index is 12.8. The van der Waals surface area contributed by atoms with Crippen LogP contribution in [0.15, 0.2) is 64.8 Å². The number of nitrogen functional groups attached to an aromatic ring is 1. The van der Waals surface area contributed by atoms with Crippen molar-refractivity contribution in [2.24, 2.45) is 10.7 Å². The number of carbonyl (C=O) groups is 2. The summed E-state index contributed by atoms with van der Waals surface area (Å²) in [5.41, 5.74) is 16.8. The number of pyridine rings is 2. The summed E-state index contributed by atoms with van der Waals surface area (Å²) in [7, 11) is 0. The third-order valence-corrected chi connectivity index (χ3v) is 5.49. The van der Waals surface area contributed by atoms with Gasteiger partial charge in [0.25, 0.3) is 11.8 Å². The first-order chi connectivity index (χ1) is 16.2. The zero-order valence-electron chi connectivity index (χ0n) is 19.6. The number of primary amides is 1. The van der Waals surface area contributed by atoms with Crippen LogP contribution >= 0.6 is 0 Å². The van der Waals surface area contributed by atoms with Gasteiger partial charge in [-0.1, -0.05) is 18.2 Å². The summed E-state index contributed by atoms with van der Waals surface area (Å²) >= 11 is 0. The summed E-state index contributed by atoms with van der Waals surface area (Å²) < 4.78 is 0. The summed E-state index contributed by atoms with van der Waals surface area (Å²) in [6.07, 6.45) is 3.93. The Morgan fingerprint density at radius 1 is 1.15 bits per heavy atom. The van der Waals surface area contributed by atoms with Crippen LogP contribution in [0.4, 0.5) is 5.82 Å². The van der Waals surface area contributed by atoms with Crippen molar-refractivity contribution in [1.29, 1.82) is 0 Å². The topological polar surface area (TPSA) is 136 Å². The number of nitrogens with two attached hydrogens (primary N) is 2. The Morgan fingerprint density at radius 3 is 2.56 bits per heavy atom. The Balaban J connectivity index is 1.75. The second kappa shape index (κ2) is 10.5. The molecule has 0 fully saturated rings. The second-order valence-corrected chi connectivity index (χ2v) is 7.91. The Bertz CT molecular complexity index is 1320. The van der Waals surface area contributed by atoms with Crippen LogP contribution in [0.3, 0.4) is 0 Å². The van der Waals surface area contributed by atoms with Gasteiger partial charge in [0.15, 0.2) is 0 Å². The van der Waals surface area contributed by atoms with Gasteiger partial charge in [0.05, 0.1) is 5.52 Å². The highest BCUT2D eigenvalue weighted by molar-refractivity contribution is 5.96. The Morgan fingerprint density at radius 2 is 1.91 bits per heavy atom. The lowest BCUT2D eigenvalue weighted by molar-refractivity contribution is -0.117. The van der Waals surface area contributed by atoms with E-state index in [1.165, 1.54) is 0 Å². The van der Waals surface area contributed by atoms with E-state index in [1.807, 2.05) is 32.0 Å². The molecular weight excluding hydrogens is 428 g/mol. The Hall–Kier alpha value is -4.33. The van der Waals surface area contributed by atoms with Gasteiger partial charge in [0, 0.05) is 35.3 Å². The first-order valence-corrected chi connectivity index (χ1v) is 10.8. The fourth-order valence-electron chi connectivity index (χ4n) is 3.67. The van der Waals surface area contributed by atoms with Gasteiger partial charge in [0.2, 0.25) is 0 Å². The molecule has 8 nitrogen and oxygen atoms in total. The first kappa shape index (κ1) is 24.3. The Kier molecular flexibility index (Phi) is 7.53. The van der Waals surface area contributed by atoms with Gasteiger partial charge in [-0.3, -0.25) is 14.6 Å². The SMILES string of the molecule is C=N/C(=C\C(=C/C)C(=O)NCc1c(C)cc(N)nc1C)Cc1ccc2nc(C(N)=O)ccc2c1. The average molecular weight is 457 g/mol. The zero-order chi connectivity index (χ0) is 24.8. The number of aromatic nitrogens is 2. The molecule has 3 rings (SSSR count). The highest BCUT2D eigenvalue weighted by atomic mass is 16.2. The monoisotopic (exact) mass is 456 g/mol. The predicted octanol–water partition coefficient (Wildman–Crippen LogP) is 3.32. The van der Waals surface area contributed by atoms with Crippen LogP contribution in [0.25, 0.3) is 10.9 Å². The molecule has 0 bridgehead atoms. The van der Waals surface area contributed by atoms with Gasteiger partial charge < -0.3 is 16.8 Å². The lowest BCUT2D eigenvalue weighted by Gasteiger charge is -2.12. The maximum atomic E-state index is 12.8. The van der Waals surface area contributed by atoms with Crippen molar-refractivity contribution in [3.8, 4) is 0 Å². The lowest BCUT2D eigenvalue weighted by atomic mass is 10.0. The van der Waals surface area contributed by atoms with E-state index in [1.54, 1.807) is 37.3 Å². The number of aryl methyl sites for hydroxylation is 2. The van der Waals surface area contributed by atoms with Crippen molar-refractivity contribution in [3.05, 3.63) is 87.9 Å². The van der Waals surface area contributed by atoms with E-state index in [0.717, 1.165) is 27.8 Å². The van der Waals surface area contributed by atoms with Crippen LogP contribution in [0.5, 0.6) is 0 Å². The van der Waals surface area contributed by atoms with Crippen molar-refractivity contribution in [3.63, 3.8) is 0 Å². The van der Waals surface area contributed by atoms with Crippen molar-refractivity contribution >= 4 is 35.3 Å². The number of anilines is 1. The van der Waals surface area contributed by atoms with Crippen molar-refractivity contribution < 1.29 is 9.59 Å². The number of benzene rings is 1. The molecule has 174 valence electrons. The lowest BCUT2D eigenvalue weighted by Crippen LogP contribution is -2.25. The predicted molar refractivity (Wildman–Crippen MR) is 135 cm³/mol. The molecule has 3 aromatic rings. The smallest absolute Gasteiger partial charge is 0.267 e. The van der Waals surface area contributed by atoms with Crippen LogP contribution < -0.4 is 16.8 Å². The van der Waals surface area contributed by atoms with Gasteiger partial charge in [-0.05, 0) is 74.5 Å². The number of fused-ring (bicyclic) bond motifs is 1. The maximum Gasteiger partial charge on any atom is 0.267 e. The van der Waals surface area contributed by atoms with Crippen molar-refractivity contribution in [2.75, 3.05) is 5.73 Å². The number of nitrogens with zero attached hydrogens (tertiary/aromatic N) is 3. The quantitative estimate of drug-likeness (QED) is 0.271. The molecule has 0 unspecified atom stereocenters. The molecule has 5 N–H and O–H groups in total. The minimum Gasteiger partial charge on any atom is -0.384 e. The normalized spacial score (nSPS) is 12.0. The molecule has 0 saturated heterocycles. The van der Waals surface area contributed by atoms with E-state index < -0.39 is 5.91 Å². The molecular formula is C26H28N6O2. The summed E-state index contributed by atoms with van der Waals surface area (Å²) in [5.74, 6) is -0.329. The number of amides is 2. The van der Waals surface area contributed by atoms with E-state index >= 15 is 0 Å². The minimum absolute atomic E-state index is 0.220. The van der Waals surface area contributed by atoms with Crippen LogP contribution in [0.2, 0.25) is 0 Å². The third-order valence-electron chi connectivity index (χ3n) is 5.49. The summed E-state index contributed by atoms with van der Waals surface area (Å²) in [5, 5.41) is 3.82. The molecule has 0 aliphatic heterocycles. The van der Waals surface area contributed by atoms with Crippen molar-refractivity contribution in [2.45, 2.75) is 33.7 Å². The van der Waals surface area contributed by atoms with E-state index in [0.29, 0.717) is 35.6 Å². The number of nitrogens with one attached hydrogen (secondary N) is 1. The first-order valence-electron chi connectivity index (χ1n) is 10.8. The summed E-state index contributed by atoms with van der Waals surface area (Å²) in [4.78, 5) is 36.8. The highest BCUT2D eigenvalue weighted by Crippen LogP contribution is 2.19. The van der Waals surface area contributed by atoms with Gasteiger partial charge in [-0.2, -0.15) is 0 Å². The highest BCUT2D eigenvalue weighted by Gasteiger charge is 2.12. The zero-order valence-corrected chi connectivity index (χ0v) is 19.6. The molecule has 0 radical (unpaired) electrons. The third kappa shape index (κ3) is 5.72. The fraction of sp³-hybridized carbons (Fsp3) is 0.192. The molecule has 1 aromatic carbocycles. The minimum atomic E-state index is -0.567. The average Bonchev–Trinajstić information content (AvgIpc) is 2.80.